The molecular formula is C36H53N3O5. The Kier molecular flexibility index (Phi) is 13.9. The lowest BCUT2D eigenvalue weighted by Gasteiger charge is -2.23. The summed E-state index contributed by atoms with van der Waals surface area (Å²) in [5.41, 5.74) is 8.64. The summed E-state index contributed by atoms with van der Waals surface area (Å²) < 4.78 is 10.7. The second-order valence-electron chi connectivity index (χ2n) is 12.6. The fourth-order valence-electron chi connectivity index (χ4n) is 5.86. The Bertz CT molecular complexity index is 1270. The van der Waals surface area contributed by atoms with Crippen LogP contribution in [0.5, 0.6) is 23.0 Å². The van der Waals surface area contributed by atoms with Crippen LogP contribution < -0.4 is 20.5 Å². The molecule has 0 heterocycles. The molecule has 0 radical (unpaired) electrons. The van der Waals surface area contributed by atoms with Crippen LogP contribution in [0.25, 0.3) is 0 Å². The summed E-state index contributed by atoms with van der Waals surface area (Å²) in [5, 5.41) is 23.9. The van der Waals surface area contributed by atoms with E-state index in [-0.39, 0.29) is 29.2 Å². The summed E-state index contributed by atoms with van der Waals surface area (Å²) in [4.78, 5) is 17.6. The van der Waals surface area contributed by atoms with Crippen molar-refractivity contribution in [3.63, 3.8) is 0 Å². The van der Waals surface area contributed by atoms with Crippen molar-refractivity contribution < 1.29 is 24.5 Å². The Morgan fingerprint density at radius 3 is 2.41 bits per heavy atom. The predicted octanol–water partition coefficient (Wildman–Crippen LogP) is 7.55. The molecule has 1 fully saturated rings. The van der Waals surface area contributed by atoms with Crippen LogP contribution in [0.1, 0.15) is 89.7 Å². The standard InChI is InChI=1S/C36H53N3O5/c1-24(2)10-9-11-25(3)28(16-18-30(40)17-14-26-15-19-32(41)33(22-26)43-4)20-27-21-31(35(42)34(23-27)44-5)39-36(37)38-29-12-7-6-8-13-29/h15-16,18-19,21-25,28-29,41-42H,6-14,17,20H2,1-5H3,(H3,37,38,39). The van der Waals surface area contributed by atoms with Crippen LogP contribution in [-0.4, -0.2) is 42.2 Å². The van der Waals surface area contributed by atoms with Crippen molar-refractivity contribution in [1.82, 2.24) is 0 Å². The number of phenolic OH excluding ortho intramolecular Hbond substituents is 2. The molecule has 1 aliphatic carbocycles. The number of methoxy groups -OCH3 is 2. The zero-order valence-electron chi connectivity index (χ0n) is 27.3. The molecule has 0 aliphatic heterocycles. The summed E-state index contributed by atoms with van der Waals surface area (Å²) in [6.45, 7) is 6.73. The van der Waals surface area contributed by atoms with Crippen LogP contribution in [0.4, 0.5) is 5.69 Å². The topological polar surface area (TPSA) is 126 Å². The number of ketones is 1. The Hall–Kier alpha value is -3.68. The van der Waals surface area contributed by atoms with Gasteiger partial charge in [0.1, 0.15) is 0 Å². The zero-order chi connectivity index (χ0) is 32.1. The number of anilines is 1. The van der Waals surface area contributed by atoms with E-state index in [0.717, 1.165) is 56.1 Å². The molecule has 0 bridgehead atoms. The highest BCUT2D eigenvalue weighted by atomic mass is 16.5. The van der Waals surface area contributed by atoms with Crippen molar-refractivity contribution in [3.05, 3.63) is 53.6 Å². The number of hydrogen-bond acceptors (Lipinski definition) is 6. The number of aliphatic imine (C=N–C) groups is 1. The third kappa shape index (κ3) is 11.1. The number of rotatable bonds is 16. The Morgan fingerprint density at radius 1 is 1.02 bits per heavy atom. The summed E-state index contributed by atoms with van der Waals surface area (Å²) >= 11 is 0. The quantitative estimate of drug-likeness (QED) is 0.0671. The number of carbonyl (C=O) groups is 1. The monoisotopic (exact) mass is 607 g/mol. The van der Waals surface area contributed by atoms with Crippen molar-refractivity contribution in [3.8, 4) is 23.0 Å². The summed E-state index contributed by atoms with van der Waals surface area (Å²) in [5.74, 6) is 2.29. The smallest absolute Gasteiger partial charge is 0.193 e. The summed E-state index contributed by atoms with van der Waals surface area (Å²) in [6.07, 6.45) is 14.3. The molecule has 2 atom stereocenters. The van der Waals surface area contributed by atoms with Crippen molar-refractivity contribution in [1.29, 1.82) is 0 Å². The van der Waals surface area contributed by atoms with Gasteiger partial charge >= 0.3 is 0 Å². The van der Waals surface area contributed by atoms with Crippen LogP contribution in [0.15, 0.2) is 47.5 Å². The number of aryl methyl sites for hydroxylation is 1. The molecule has 0 saturated heterocycles. The lowest BCUT2D eigenvalue weighted by atomic mass is 9.83. The maximum absolute atomic E-state index is 12.9. The first-order valence-corrected chi connectivity index (χ1v) is 16.2. The van der Waals surface area contributed by atoms with Gasteiger partial charge in [0, 0.05) is 6.42 Å². The summed E-state index contributed by atoms with van der Waals surface area (Å²) in [7, 11) is 3.05. The van der Waals surface area contributed by atoms with E-state index < -0.39 is 0 Å². The number of carbonyl (C=O) groups excluding carboxylic acids is 1. The van der Waals surface area contributed by atoms with E-state index in [0.29, 0.717) is 54.2 Å². The molecule has 1 aliphatic rings. The highest BCUT2D eigenvalue weighted by Crippen LogP contribution is 2.37. The predicted molar refractivity (Wildman–Crippen MR) is 179 cm³/mol. The molecule has 1 saturated carbocycles. The van der Waals surface area contributed by atoms with Gasteiger partial charge in [0.15, 0.2) is 34.7 Å². The number of ether oxygens (including phenoxy) is 2. The largest absolute Gasteiger partial charge is 0.504 e. The number of guanidine groups is 1. The lowest BCUT2D eigenvalue weighted by Crippen LogP contribution is -2.26. The van der Waals surface area contributed by atoms with Crippen LogP contribution >= 0.6 is 0 Å². The molecule has 8 heteroatoms. The minimum absolute atomic E-state index is 0.00356. The van der Waals surface area contributed by atoms with Gasteiger partial charge in [-0.1, -0.05) is 71.4 Å². The van der Waals surface area contributed by atoms with Crippen molar-refractivity contribution >= 4 is 17.4 Å². The first-order valence-electron chi connectivity index (χ1n) is 16.2. The lowest BCUT2D eigenvalue weighted by molar-refractivity contribution is -0.114. The van der Waals surface area contributed by atoms with Gasteiger partial charge in [0.25, 0.3) is 0 Å². The Balaban J connectivity index is 1.77. The first kappa shape index (κ1) is 34.8. The fourth-order valence-corrected chi connectivity index (χ4v) is 5.86. The number of phenols is 2. The van der Waals surface area contributed by atoms with E-state index >= 15 is 0 Å². The number of benzene rings is 2. The van der Waals surface area contributed by atoms with Crippen LogP contribution in [-0.2, 0) is 17.6 Å². The van der Waals surface area contributed by atoms with Crippen molar-refractivity contribution in [2.75, 3.05) is 19.5 Å². The third-order valence-corrected chi connectivity index (χ3v) is 8.59. The van der Waals surface area contributed by atoms with Gasteiger partial charge in [0.05, 0.1) is 25.9 Å². The first-order chi connectivity index (χ1) is 21.1. The van der Waals surface area contributed by atoms with E-state index in [2.05, 4.69) is 31.1 Å². The van der Waals surface area contributed by atoms with Gasteiger partial charge in [-0.25, -0.2) is 4.99 Å². The molecule has 2 unspecified atom stereocenters. The fraction of sp³-hybridized carbons (Fsp3) is 0.556. The van der Waals surface area contributed by atoms with Gasteiger partial charge in [-0.05, 0) is 84.9 Å². The highest BCUT2D eigenvalue weighted by Gasteiger charge is 2.20. The Labute approximate surface area is 263 Å². The molecule has 8 nitrogen and oxygen atoms in total. The number of allylic oxidation sites excluding steroid dienone is 2. The maximum atomic E-state index is 12.9. The zero-order valence-corrected chi connectivity index (χ0v) is 27.3. The van der Waals surface area contributed by atoms with Crippen molar-refractivity contribution in [2.24, 2.45) is 28.5 Å². The van der Waals surface area contributed by atoms with E-state index in [1.165, 1.54) is 20.6 Å². The molecule has 0 aromatic heterocycles. The van der Waals surface area contributed by atoms with Crippen LogP contribution in [0.3, 0.4) is 0 Å². The van der Waals surface area contributed by atoms with Gasteiger partial charge in [-0.15, -0.1) is 0 Å². The van der Waals surface area contributed by atoms with Gasteiger partial charge < -0.3 is 30.7 Å². The van der Waals surface area contributed by atoms with Crippen LogP contribution in [0.2, 0.25) is 0 Å². The average Bonchev–Trinajstić information content (AvgIpc) is 3.00. The highest BCUT2D eigenvalue weighted by molar-refractivity contribution is 5.94. The average molecular weight is 608 g/mol. The normalized spacial score (nSPS) is 15.8. The summed E-state index contributed by atoms with van der Waals surface area (Å²) in [6, 6.07) is 9.14. The maximum Gasteiger partial charge on any atom is 0.193 e. The van der Waals surface area contributed by atoms with Gasteiger partial charge in [-0.2, -0.15) is 0 Å². The molecule has 3 rings (SSSR count). The number of nitrogens with two attached hydrogens (primary N) is 1. The van der Waals surface area contributed by atoms with Gasteiger partial charge in [0.2, 0.25) is 0 Å². The number of nitrogens with one attached hydrogen (secondary N) is 1. The number of aromatic hydroxyl groups is 2. The van der Waals surface area contributed by atoms with E-state index in [1.807, 2.05) is 24.3 Å². The molecule has 0 spiro atoms. The molecular weight excluding hydrogens is 554 g/mol. The SMILES string of the molecule is COc1cc(CCC(=O)C=CC(Cc2cc(NC(N)=NC3CCCCC3)c(O)c(OC)c2)C(C)CCCC(C)C)ccc1O. The molecule has 5 N–H and O–H groups in total. The molecule has 242 valence electrons. The number of nitrogens with zero attached hydrogens (tertiary/aromatic N) is 1. The second kappa shape index (κ2) is 17.6. The van der Waals surface area contributed by atoms with Gasteiger partial charge in [-0.3, -0.25) is 4.79 Å². The molecule has 0 amide bonds. The second-order valence-corrected chi connectivity index (χ2v) is 12.6. The third-order valence-electron chi connectivity index (χ3n) is 8.59. The number of hydrogen-bond donors (Lipinski definition) is 4. The molecule has 2 aromatic rings. The van der Waals surface area contributed by atoms with E-state index in [1.54, 1.807) is 18.2 Å². The van der Waals surface area contributed by atoms with Crippen molar-refractivity contribution in [2.45, 2.75) is 97.4 Å². The minimum Gasteiger partial charge on any atom is -0.504 e. The minimum atomic E-state index is -0.00356. The van der Waals surface area contributed by atoms with E-state index in [4.69, 9.17) is 15.2 Å². The molecule has 44 heavy (non-hydrogen) atoms. The van der Waals surface area contributed by atoms with E-state index in [9.17, 15) is 15.0 Å². The molecule has 2 aromatic carbocycles. The Morgan fingerprint density at radius 2 is 1.73 bits per heavy atom. The van der Waals surface area contributed by atoms with Crippen LogP contribution in [0, 0.1) is 17.8 Å².